The van der Waals surface area contributed by atoms with Crippen LogP contribution in [0, 0.1) is 0 Å². The number of aliphatic imine (C=N–C) groups is 1. The number of benzene rings is 1. The number of carbonyl (C=O) groups is 1. The minimum atomic E-state index is 0.337. The van der Waals surface area contributed by atoms with Gasteiger partial charge in [0.15, 0.2) is 0 Å². The van der Waals surface area contributed by atoms with Gasteiger partial charge in [-0.1, -0.05) is 12.8 Å². The quantitative estimate of drug-likeness (QED) is 0.519. The molecule has 0 bridgehead atoms. The molecular weight excluding hydrogens is 276 g/mol. The van der Waals surface area contributed by atoms with E-state index < -0.39 is 0 Å². The number of carbonyl (C=O) groups excluding carboxylic acids is 1. The van der Waals surface area contributed by atoms with Crippen LogP contribution in [-0.2, 0) is 4.79 Å². The van der Waals surface area contributed by atoms with E-state index >= 15 is 0 Å². The predicted molar refractivity (Wildman–Crippen MR) is 89.7 cm³/mol. The van der Waals surface area contributed by atoms with E-state index in [1.54, 1.807) is 7.11 Å². The molecule has 4 nitrogen and oxygen atoms in total. The van der Waals surface area contributed by atoms with Gasteiger partial charge in [-0.05, 0) is 49.1 Å². The molecule has 120 valence electrons. The molecule has 0 unspecified atom stereocenters. The van der Waals surface area contributed by atoms with E-state index in [1.165, 1.54) is 12.8 Å². The van der Waals surface area contributed by atoms with Crippen LogP contribution in [0.1, 0.15) is 44.1 Å². The number of hydrogen-bond donors (Lipinski definition) is 0. The van der Waals surface area contributed by atoms with Crippen molar-refractivity contribution >= 4 is 12.1 Å². The molecule has 2 rings (SSSR count). The summed E-state index contributed by atoms with van der Waals surface area (Å²) in [6, 6.07) is 7.91. The molecule has 4 heteroatoms. The number of ether oxygens (including phenoxy) is 1. The summed E-state index contributed by atoms with van der Waals surface area (Å²) in [6.07, 6.45) is 8.31. The lowest BCUT2D eigenvalue weighted by atomic mass is 10.2. The SMILES string of the molecule is COc1ccc(C=NCCCCCCN2CCCC2=O)cc1. The number of likely N-dealkylation sites (tertiary alicyclic amines) is 1. The molecular formula is C18H26N2O2. The van der Waals surface area contributed by atoms with Crippen molar-refractivity contribution in [3.63, 3.8) is 0 Å². The van der Waals surface area contributed by atoms with Crippen LogP contribution in [0.2, 0.25) is 0 Å². The standard InChI is InChI=1S/C18H26N2O2/c1-22-17-10-8-16(9-11-17)15-19-12-4-2-3-5-13-20-14-6-7-18(20)21/h8-11,15H,2-7,12-14H2,1H3. The Bertz CT molecular complexity index is 482. The van der Waals surface area contributed by atoms with E-state index in [9.17, 15) is 4.79 Å². The molecule has 1 saturated heterocycles. The van der Waals surface area contributed by atoms with Gasteiger partial charge in [0.05, 0.1) is 7.11 Å². The highest BCUT2D eigenvalue weighted by Crippen LogP contribution is 2.12. The smallest absolute Gasteiger partial charge is 0.222 e. The topological polar surface area (TPSA) is 41.9 Å². The van der Waals surface area contributed by atoms with Crippen molar-refractivity contribution < 1.29 is 9.53 Å². The number of unbranched alkanes of at least 4 members (excludes halogenated alkanes) is 3. The van der Waals surface area contributed by atoms with E-state index in [0.717, 1.165) is 56.6 Å². The van der Waals surface area contributed by atoms with E-state index in [-0.39, 0.29) is 0 Å². The van der Waals surface area contributed by atoms with Crippen LogP contribution in [0.25, 0.3) is 0 Å². The average molecular weight is 302 g/mol. The van der Waals surface area contributed by atoms with Gasteiger partial charge in [0, 0.05) is 32.3 Å². The highest BCUT2D eigenvalue weighted by molar-refractivity contribution is 5.79. The number of amides is 1. The summed E-state index contributed by atoms with van der Waals surface area (Å²) in [5, 5.41) is 0. The molecule has 1 fully saturated rings. The summed E-state index contributed by atoms with van der Waals surface area (Å²) in [4.78, 5) is 17.9. The van der Waals surface area contributed by atoms with Gasteiger partial charge in [0.2, 0.25) is 5.91 Å². The summed E-state index contributed by atoms with van der Waals surface area (Å²) < 4.78 is 5.12. The first kappa shape index (κ1) is 16.5. The Kier molecular flexibility index (Phi) is 6.94. The fraction of sp³-hybridized carbons (Fsp3) is 0.556. The Morgan fingerprint density at radius 2 is 1.95 bits per heavy atom. The Labute approximate surface area is 133 Å². The van der Waals surface area contributed by atoms with E-state index in [1.807, 2.05) is 35.4 Å². The molecule has 1 aliphatic rings. The van der Waals surface area contributed by atoms with Crippen molar-refractivity contribution in [2.24, 2.45) is 4.99 Å². The molecule has 0 radical (unpaired) electrons. The third-order valence-corrected chi connectivity index (χ3v) is 3.99. The van der Waals surface area contributed by atoms with E-state index in [4.69, 9.17) is 4.74 Å². The van der Waals surface area contributed by atoms with Crippen molar-refractivity contribution in [3.8, 4) is 5.75 Å². The van der Waals surface area contributed by atoms with Crippen molar-refractivity contribution in [2.75, 3.05) is 26.7 Å². The maximum absolute atomic E-state index is 11.5. The summed E-state index contributed by atoms with van der Waals surface area (Å²) in [7, 11) is 1.67. The second-order valence-corrected chi connectivity index (χ2v) is 5.71. The molecule has 0 N–H and O–H groups in total. The lowest BCUT2D eigenvalue weighted by Gasteiger charge is -2.14. The highest BCUT2D eigenvalue weighted by atomic mass is 16.5. The van der Waals surface area contributed by atoms with Gasteiger partial charge in [-0.15, -0.1) is 0 Å². The van der Waals surface area contributed by atoms with Gasteiger partial charge in [-0.2, -0.15) is 0 Å². The number of methoxy groups -OCH3 is 1. The van der Waals surface area contributed by atoms with Gasteiger partial charge >= 0.3 is 0 Å². The Morgan fingerprint density at radius 3 is 2.64 bits per heavy atom. The minimum absolute atomic E-state index is 0.337. The first-order valence-corrected chi connectivity index (χ1v) is 8.21. The zero-order valence-electron chi connectivity index (χ0n) is 13.5. The number of rotatable bonds is 9. The van der Waals surface area contributed by atoms with Crippen LogP contribution < -0.4 is 4.74 Å². The van der Waals surface area contributed by atoms with Crippen molar-refractivity contribution in [1.82, 2.24) is 4.90 Å². The van der Waals surface area contributed by atoms with Gasteiger partial charge in [-0.3, -0.25) is 9.79 Å². The molecule has 1 aliphatic heterocycles. The van der Waals surface area contributed by atoms with Gasteiger partial charge < -0.3 is 9.64 Å². The Hall–Kier alpha value is -1.84. The lowest BCUT2D eigenvalue weighted by Crippen LogP contribution is -2.25. The van der Waals surface area contributed by atoms with Crippen molar-refractivity contribution in [3.05, 3.63) is 29.8 Å². The van der Waals surface area contributed by atoms with Crippen LogP contribution in [0.5, 0.6) is 5.75 Å². The molecule has 22 heavy (non-hydrogen) atoms. The van der Waals surface area contributed by atoms with Crippen molar-refractivity contribution in [2.45, 2.75) is 38.5 Å². The third-order valence-electron chi connectivity index (χ3n) is 3.99. The van der Waals surface area contributed by atoms with Crippen LogP contribution in [0.3, 0.4) is 0 Å². The largest absolute Gasteiger partial charge is 0.497 e. The Morgan fingerprint density at radius 1 is 1.18 bits per heavy atom. The monoisotopic (exact) mass is 302 g/mol. The maximum atomic E-state index is 11.5. The fourth-order valence-corrected chi connectivity index (χ4v) is 2.66. The van der Waals surface area contributed by atoms with Gasteiger partial charge in [0.25, 0.3) is 0 Å². The zero-order chi connectivity index (χ0) is 15.6. The number of nitrogens with zero attached hydrogens (tertiary/aromatic N) is 2. The molecule has 1 aromatic carbocycles. The summed E-state index contributed by atoms with van der Waals surface area (Å²) in [6.45, 7) is 2.77. The second-order valence-electron chi connectivity index (χ2n) is 5.71. The normalized spacial score (nSPS) is 15.0. The fourth-order valence-electron chi connectivity index (χ4n) is 2.66. The first-order valence-electron chi connectivity index (χ1n) is 8.21. The summed E-state index contributed by atoms with van der Waals surface area (Å²) in [5.74, 6) is 1.21. The predicted octanol–water partition coefficient (Wildman–Crippen LogP) is 3.30. The molecule has 0 saturated carbocycles. The van der Waals surface area contributed by atoms with Crippen LogP contribution >= 0.6 is 0 Å². The highest BCUT2D eigenvalue weighted by Gasteiger charge is 2.18. The van der Waals surface area contributed by atoms with E-state index in [2.05, 4.69) is 4.99 Å². The van der Waals surface area contributed by atoms with E-state index in [0.29, 0.717) is 5.91 Å². The first-order chi connectivity index (χ1) is 10.8. The van der Waals surface area contributed by atoms with Crippen LogP contribution in [0.4, 0.5) is 0 Å². The third kappa shape index (κ3) is 5.51. The Balaban J connectivity index is 1.51. The minimum Gasteiger partial charge on any atom is -0.497 e. The molecule has 0 spiro atoms. The maximum Gasteiger partial charge on any atom is 0.222 e. The summed E-state index contributed by atoms with van der Waals surface area (Å²) >= 11 is 0. The summed E-state index contributed by atoms with van der Waals surface area (Å²) in [5.41, 5.74) is 1.10. The second kappa shape index (κ2) is 9.23. The van der Waals surface area contributed by atoms with Gasteiger partial charge in [-0.25, -0.2) is 0 Å². The molecule has 1 aromatic rings. The average Bonchev–Trinajstić information content (AvgIpc) is 2.96. The molecule has 0 atom stereocenters. The zero-order valence-corrected chi connectivity index (χ0v) is 13.5. The molecule has 0 aromatic heterocycles. The lowest BCUT2D eigenvalue weighted by molar-refractivity contribution is -0.127. The van der Waals surface area contributed by atoms with Crippen LogP contribution in [-0.4, -0.2) is 43.8 Å². The van der Waals surface area contributed by atoms with Crippen molar-refractivity contribution in [1.29, 1.82) is 0 Å². The molecule has 0 aliphatic carbocycles. The number of hydrogen-bond acceptors (Lipinski definition) is 3. The van der Waals surface area contributed by atoms with Gasteiger partial charge in [0.1, 0.15) is 5.75 Å². The van der Waals surface area contributed by atoms with Crippen LogP contribution in [0.15, 0.2) is 29.3 Å². The molecule has 1 heterocycles. The molecule has 1 amide bonds.